The van der Waals surface area contributed by atoms with Crippen molar-refractivity contribution in [2.75, 3.05) is 7.11 Å². The summed E-state index contributed by atoms with van der Waals surface area (Å²) in [5.41, 5.74) is 0.402. The number of amides is 2. The van der Waals surface area contributed by atoms with E-state index in [-0.39, 0.29) is 18.8 Å². The number of urea groups is 1. The van der Waals surface area contributed by atoms with Crippen LogP contribution in [0.2, 0.25) is 0 Å². The number of nitrogens with one attached hydrogen (secondary N) is 2. The van der Waals surface area contributed by atoms with E-state index >= 15 is 0 Å². The van der Waals surface area contributed by atoms with E-state index in [1.54, 1.807) is 24.3 Å². The van der Waals surface area contributed by atoms with Gasteiger partial charge in [-0.2, -0.15) is 8.78 Å². The number of methoxy groups -OCH3 is 1. The van der Waals surface area contributed by atoms with Gasteiger partial charge in [-0.3, -0.25) is 0 Å². The fraction of sp³-hybridized carbons (Fsp3) is 0.267. The SMILES string of the molecule is COc1ccc(CNC(=O)NCc2ccco2)c(OC(F)F)c1. The van der Waals surface area contributed by atoms with Crippen LogP contribution in [0.25, 0.3) is 0 Å². The number of furan rings is 1. The van der Waals surface area contributed by atoms with Gasteiger partial charge in [0.25, 0.3) is 0 Å². The highest BCUT2D eigenvalue weighted by Gasteiger charge is 2.12. The van der Waals surface area contributed by atoms with Crippen LogP contribution in [0.3, 0.4) is 0 Å². The third kappa shape index (κ3) is 5.17. The highest BCUT2D eigenvalue weighted by molar-refractivity contribution is 5.73. The third-order valence-electron chi connectivity index (χ3n) is 2.93. The minimum Gasteiger partial charge on any atom is -0.497 e. The maximum absolute atomic E-state index is 12.4. The summed E-state index contributed by atoms with van der Waals surface area (Å²) in [7, 11) is 1.42. The molecule has 2 N–H and O–H groups in total. The molecule has 0 aliphatic heterocycles. The quantitative estimate of drug-likeness (QED) is 0.820. The lowest BCUT2D eigenvalue weighted by atomic mass is 10.2. The molecule has 1 aromatic heterocycles. The molecule has 23 heavy (non-hydrogen) atoms. The van der Waals surface area contributed by atoms with Crippen molar-refractivity contribution in [3.63, 3.8) is 0 Å². The minimum absolute atomic E-state index is 0.0238. The van der Waals surface area contributed by atoms with Gasteiger partial charge in [-0.25, -0.2) is 4.79 Å². The number of benzene rings is 1. The monoisotopic (exact) mass is 326 g/mol. The molecule has 0 spiro atoms. The van der Waals surface area contributed by atoms with Gasteiger partial charge in [0.05, 0.1) is 19.9 Å². The second-order valence-corrected chi connectivity index (χ2v) is 4.47. The first-order valence-electron chi connectivity index (χ1n) is 6.74. The summed E-state index contributed by atoms with van der Waals surface area (Å²) in [6.45, 7) is -2.72. The second kappa shape index (κ2) is 8.02. The summed E-state index contributed by atoms with van der Waals surface area (Å²) < 4.78 is 39.4. The van der Waals surface area contributed by atoms with Crippen LogP contribution < -0.4 is 20.1 Å². The van der Waals surface area contributed by atoms with Crippen molar-refractivity contribution < 1.29 is 27.5 Å². The third-order valence-corrected chi connectivity index (χ3v) is 2.93. The second-order valence-electron chi connectivity index (χ2n) is 4.47. The Kier molecular flexibility index (Phi) is 5.79. The number of ether oxygens (including phenoxy) is 2. The van der Waals surface area contributed by atoms with Crippen molar-refractivity contribution in [1.29, 1.82) is 0 Å². The van der Waals surface area contributed by atoms with Crippen LogP contribution in [-0.4, -0.2) is 19.8 Å². The molecular weight excluding hydrogens is 310 g/mol. The molecule has 0 fully saturated rings. The number of carbonyl (C=O) groups excluding carboxylic acids is 1. The van der Waals surface area contributed by atoms with Gasteiger partial charge in [-0.1, -0.05) is 0 Å². The number of rotatable bonds is 7. The molecular formula is C15H16F2N2O4. The topological polar surface area (TPSA) is 72.7 Å². The maximum atomic E-state index is 12.4. The van der Waals surface area contributed by atoms with E-state index in [0.29, 0.717) is 17.1 Å². The van der Waals surface area contributed by atoms with E-state index in [0.717, 1.165) is 0 Å². The zero-order valence-corrected chi connectivity index (χ0v) is 12.3. The van der Waals surface area contributed by atoms with E-state index < -0.39 is 12.6 Å². The first-order chi connectivity index (χ1) is 11.1. The van der Waals surface area contributed by atoms with Gasteiger partial charge >= 0.3 is 12.6 Å². The van der Waals surface area contributed by atoms with Gasteiger partial charge in [0, 0.05) is 18.2 Å². The molecule has 0 saturated heterocycles. The fourth-order valence-corrected chi connectivity index (χ4v) is 1.83. The molecule has 0 radical (unpaired) electrons. The Hall–Kier alpha value is -2.77. The van der Waals surface area contributed by atoms with Gasteiger partial charge in [0.15, 0.2) is 0 Å². The molecule has 124 valence electrons. The van der Waals surface area contributed by atoms with Gasteiger partial charge in [0.1, 0.15) is 17.3 Å². The van der Waals surface area contributed by atoms with Crippen LogP contribution in [-0.2, 0) is 13.1 Å². The van der Waals surface area contributed by atoms with Gasteiger partial charge in [-0.15, -0.1) is 0 Å². The summed E-state index contributed by atoms with van der Waals surface area (Å²) in [5, 5.41) is 5.14. The van der Waals surface area contributed by atoms with Crippen molar-refractivity contribution in [3.8, 4) is 11.5 Å². The summed E-state index contributed by atoms with van der Waals surface area (Å²) in [4.78, 5) is 11.7. The zero-order valence-electron chi connectivity index (χ0n) is 12.3. The smallest absolute Gasteiger partial charge is 0.387 e. The van der Waals surface area contributed by atoms with Crippen LogP contribution in [0.15, 0.2) is 41.0 Å². The molecule has 0 aliphatic carbocycles. The van der Waals surface area contributed by atoms with Crippen molar-refractivity contribution in [1.82, 2.24) is 10.6 Å². The molecule has 0 unspecified atom stereocenters. The molecule has 1 aromatic carbocycles. The van der Waals surface area contributed by atoms with Crippen molar-refractivity contribution in [2.45, 2.75) is 19.7 Å². The molecule has 8 heteroatoms. The summed E-state index contributed by atoms with van der Waals surface area (Å²) >= 11 is 0. The lowest BCUT2D eigenvalue weighted by Gasteiger charge is -2.13. The lowest BCUT2D eigenvalue weighted by molar-refractivity contribution is -0.0505. The normalized spacial score (nSPS) is 10.4. The Bertz CT molecular complexity index is 632. The maximum Gasteiger partial charge on any atom is 0.387 e. The van der Waals surface area contributed by atoms with Gasteiger partial charge in [0.2, 0.25) is 0 Å². The summed E-state index contributed by atoms with van der Waals surface area (Å²) in [6, 6.07) is 7.45. The largest absolute Gasteiger partial charge is 0.497 e. The van der Waals surface area contributed by atoms with Crippen LogP contribution >= 0.6 is 0 Å². The van der Waals surface area contributed by atoms with Crippen LogP contribution in [0, 0.1) is 0 Å². The van der Waals surface area contributed by atoms with E-state index in [9.17, 15) is 13.6 Å². The number of alkyl halides is 2. The molecule has 0 bridgehead atoms. The standard InChI is InChI=1S/C15H16F2N2O4/c1-21-11-5-4-10(13(7-11)23-14(16)17)8-18-15(20)19-9-12-3-2-6-22-12/h2-7,14H,8-9H2,1H3,(H2,18,19,20). The molecule has 2 amide bonds. The van der Waals surface area contributed by atoms with Crippen molar-refractivity contribution in [3.05, 3.63) is 47.9 Å². The average molecular weight is 326 g/mol. The van der Waals surface area contributed by atoms with Crippen molar-refractivity contribution in [2.24, 2.45) is 0 Å². The summed E-state index contributed by atoms with van der Waals surface area (Å²) in [6.07, 6.45) is 1.50. The van der Waals surface area contributed by atoms with Crippen molar-refractivity contribution >= 4 is 6.03 Å². The summed E-state index contributed by atoms with van der Waals surface area (Å²) in [5.74, 6) is 0.934. The molecule has 6 nitrogen and oxygen atoms in total. The predicted molar refractivity (Wildman–Crippen MR) is 77.4 cm³/mol. The highest BCUT2D eigenvalue weighted by Crippen LogP contribution is 2.26. The van der Waals surface area contributed by atoms with E-state index in [1.807, 2.05) is 0 Å². The average Bonchev–Trinajstić information content (AvgIpc) is 3.04. The molecule has 2 aromatic rings. The number of halogens is 2. The minimum atomic E-state index is -2.96. The first kappa shape index (κ1) is 16.6. The Labute approximate surface area is 131 Å². The molecule has 0 atom stereocenters. The van der Waals surface area contributed by atoms with E-state index in [1.165, 1.54) is 19.4 Å². The predicted octanol–water partition coefficient (Wildman–Crippen LogP) is 2.89. The van der Waals surface area contributed by atoms with Crippen LogP contribution in [0.4, 0.5) is 13.6 Å². The highest BCUT2D eigenvalue weighted by atomic mass is 19.3. The van der Waals surface area contributed by atoms with Gasteiger partial charge < -0.3 is 24.5 Å². The Morgan fingerprint density at radius 2 is 2.04 bits per heavy atom. The van der Waals surface area contributed by atoms with Crippen LogP contribution in [0.5, 0.6) is 11.5 Å². The lowest BCUT2D eigenvalue weighted by Crippen LogP contribution is -2.34. The Morgan fingerprint density at radius 1 is 1.26 bits per heavy atom. The Balaban J connectivity index is 1.92. The van der Waals surface area contributed by atoms with Gasteiger partial charge in [-0.05, 0) is 24.3 Å². The zero-order chi connectivity index (χ0) is 16.7. The number of carbonyl (C=O) groups is 1. The first-order valence-corrected chi connectivity index (χ1v) is 6.74. The fourth-order valence-electron chi connectivity index (χ4n) is 1.83. The van der Waals surface area contributed by atoms with E-state index in [2.05, 4.69) is 15.4 Å². The van der Waals surface area contributed by atoms with E-state index in [4.69, 9.17) is 9.15 Å². The number of hydrogen-bond donors (Lipinski definition) is 2. The molecule has 2 rings (SSSR count). The molecule has 1 heterocycles. The van der Waals surface area contributed by atoms with Crippen LogP contribution in [0.1, 0.15) is 11.3 Å². The Morgan fingerprint density at radius 3 is 2.70 bits per heavy atom. The molecule has 0 aliphatic rings. The molecule has 0 saturated carbocycles. The number of hydrogen-bond acceptors (Lipinski definition) is 4.